The molecule has 5 nitrogen and oxygen atoms in total. The topological polar surface area (TPSA) is 64.8 Å². The molecule has 2 atom stereocenters. The summed E-state index contributed by atoms with van der Waals surface area (Å²) in [6.07, 6.45) is 1.58. The summed E-state index contributed by atoms with van der Waals surface area (Å²) < 4.78 is 0. The van der Waals surface area contributed by atoms with Crippen molar-refractivity contribution >= 4 is 5.82 Å². The summed E-state index contributed by atoms with van der Waals surface area (Å²) in [4.78, 5) is 2.26. The number of rotatable bonds is 1. The lowest BCUT2D eigenvalue weighted by Crippen LogP contribution is -2.45. The molecule has 2 unspecified atom stereocenters. The quantitative estimate of drug-likeness (QED) is 0.789. The summed E-state index contributed by atoms with van der Waals surface area (Å²) >= 11 is 0. The number of nitriles is 1. The van der Waals surface area contributed by atoms with Gasteiger partial charge < -0.3 is 10.2 Å². The third kappa shape index (κ3) is 1.49. The maximum Gasteiger partial charge on any atom is 0.169 e. The first-order chi connectivity index (χ1) is 8.64. The van der Waals surface area contributed by atoms with Crippen molar-refractivity contribution in [1.29, 1.82) is 5.26 Å². The molecular formula is C13H17N5. The second kappa shape index (κ2) is 3.92. The van der Waals surface area contributed by atoms with Crippen molar-refractivity contribution in [2.75, 3.05) is 24.5 Å². The van der Waals surface area contributed by atoms with E-state index >= 15 is 0 Å². The van der Waals surface area contributed by atoms with E-state index in [1.807, 2.05) is 0 Å². The maximum absolute atomic E-state index is 9.20. The Morgan fingerprint density at radius 2 is 2.33 bits per heavy atom. The van der Waals surface area contributed by atoms with Crippen LogP contribution in [0.2, 0.25) is 0 Å². The van der Waals surface area contributed by atoms with Gasteiger partial charge in [0.05, 0.1) is 11.8 Å². The second-order valence-corrected chi connectivity index (χ2v) is 5.67. The summed E-state index contributed by atoms with van der Waals surface area (Å²) in [5.74, 6) is 2.00. The molecule has 0 aliphatic carbocycles. The van der Waals surface area contributed by atoms with Crippen LogP contribution in [0.25, 0.3) is 0 Å². The average Bonchev–Trinajstić information content (AvgIpc) is 2.92. The molecule has 18 heavy (non-hydrogen) atoms. The predicted octanol–water partition coefficient (Wildman–Crippen LogP) is 0.782. The molecule has 2 aliphatic rings. The number of fused-ring (bicyclic) bond motifs is 1. The Bertz CT molecular complexity index is 504. The number of hydrogen-bond acceptors (Lipinski definition) is 5. The molecule has 1 aromatic rings. The zero-order chi connectivity index (χ0) is 12.8. The minimum absolute atomic E-state index is 0.0236. The van der Waals surface area contributed by atoms with Crippen LogP contribution < -0.4 is 10.2 Å². The Morgan fingerprint density at radius 1 is 1.50 bits per heavy atom. The summed E-state index contributed by atoms with van der Waals surface area (Å²) in [6, 6.07) is 3.96. The van der Waals surface area contributed by atoms with Gasteiger partial charge in [0.1, 0.15) is 6.07 Å². The minimum atomic E-state index is 0.0236. The zero-order valence-electron chi connectivity index (χ0n) is 10.7. The van der Waals surface area contributed by atoms with E-state index in [0.717, 1.165) is 25.5 Å². The molecule has 1 N–H and O–H groups in total. The standard InChI is InChI=1S/C13H17N5/c1-13(2)11-7-15-6-10(11)8-18(13)12-9(5-14)3-4-16-17-12/h3-4,10-11,15H,6-8H2,1-2H3. The van der Waals surface area contributed by atoms with Gasteiger partial charge in [-0.25, -0.2) is 0 Å². The molecule has 2 saturated heterocycles. The molecule has 1 aromatic heterocycles. The van der Waals surface area contributed by atoms with Crippen LogP contribution in [0, 0.1) is 23.2 Å². The fourth-order valence-corrected chi connectivity index (χ4v) is 3.39. The highest BCUT2D eigenvalue weighted by Gasteiger charge is 2.50. The largest absolute Gasteiger partial charge is 0.348 e. The van der Waals surface area contributed by atoms with Gasteiger partial charge in [-0.15, -0.1) is 5.10 Å². The first kappa shape index (κ1) is 11.4. The van der Waals surface area contributed by atoms with Crippen LogP contribution in [0.5, 0.6) is 0 Å². The Morgan fingerprint density at radius 3 is 3.06 bits per heavy atom. The summed E-state index contributed by atoms with van der Waals surface area (Å²) in [5, 5.41) is 20.8. The van der Waals surface area contributed by atoms with Crippen molar-refractivity contribution in [3.63, 3.8) is 0 Å². The lowest BCUT2D eigenvalue weighted by Gasteiger charge is -2.36. The summed E-state index contributed by atoms with van der Waals surface area (Å²) in [6.45, 7) is 7.54. The van der Waals surface area contributed by atoms with Gasteiger partial charge in [-0.1, -0.05) is 0 Å². The molecule has 0 radical (unpaired) electrons. The van der Waals surface area contributed by atoms with Crippen molar-refractivity contribution in [2.24, 2.45) is 11.8 Å². The van der Waals surface area contributed by atoms with E-state index < -0.39 is 0 Å². The average molecular weight is 243 g/mol. The minimum Gasteiger partial charge on any atom is -0.348 e. The Labute approximate surface area is 107 Å². The number of nitrogens with zero attached hydrogens (tertiary/aromatic N) is 4. The summed E-state index contributed by atoms with van der Waals surface area (Å²) in [7, 11) is 0. The molecule has 2 fully saturated rings. The third-order valence-electron chi connectivity index (χ3n) is 4.44. The maximum atomic E-state index is 9.20. The van der Waals surface area contributed by atoms with Gasteiger partial charge in [0.15, 0.2) is 5.82 Å². The second-order valence-electron chi connectivity index (χ2n) is 5.67. The van der Waals surface area contributed by atoms with Crippen LogP contribution in [0.1, 0.15) is 19.4 Å². The fraction of sp³-hybridized carbons (Fsp3) is 0.615. The van der Waals surface area contributed by atoms with Crippen LogP contribution in [0.3, 0.4) is 0 Å². The first-order valence-corrected chi connectivity index (χ1v) is 6.34. The molecule has 0 saturated carbocycles. The number of hydrogen-bond donors (Lipinski definition) is 1. The van der Waals surface area contributed by atoms with Gasteiger partial charge in [0.25, 0.3) is 0 Å². The van der Waals surface area contributed by atoms with Gasteiger partial charge in [-0.2, -0.15) is 10.4 Å². The molecule has 2 aliphatic heterocycles. The Kier molecular flexibility index (Phi) is 2.49. The van der Waals surface area contributed by atoms with E-state index in [0.29, 0.717) is 17.4 Å². The van der Waals surface area contributed by atoms with Crippen LogP contribution in [-0.4, -0.2) is 35.4 Å². The lowest BCUT2D eigenvalue weighted by molar-refractivity contribution is 0.355. The Hall–Kier alpha value is -1.67. The normalized spacial score (nSPS) is 29.1. The molecule has 3 rings (SSSR count). The number of nitrogens with one attached hydrogen (secondary N) is 1. The lowest BCUT2D eigenvalue weighted by atomic mass is 9.85. The van der Waals surface area contributed by atoms with Gasteiger partial charge >= 0.3 is 0 Å². The number of aromatic nitrogens is 2. The van der Waals surface area contributed by atoms with E-state index in [4.69, 9.17) is 0 Å². The smallest absolute Gasteiger partial charge is 0.169 e. The van der Waals surface area contributed by atoms with E-state index in [1.54, 1.807) is 12.3 Å². The number of anilines is 1. The SMILES string of the molecule is CC1(C)C2CNCC2CN1c1nnccc1C#N. The predicted molar refractivity (Wildman–Crippen MR) is 68.0 cm³/mol. The van der Waals surface area contributed by atoms with Crippen LogP contribution in [-0.2, 0) is 0 Å². The Balaban J connectivity index is 2.01. The van der Waals surface area contributed by atoms with Crippen molar-refractivity contribution in [1.82, 2.24) is 15.5 Å². The van der Waals surface area contributed by atoms with E-state index in [-0.39, 0.29) is 5.54 Å². The van der Waals surface area contributed by atoms with Crippen LogP contribution >= 0.6 is 0 Å². The van der Waals surface area contributed by atoms with Crippen molar-refractivity contribution in [3.8, 4) is 6.07 Å². The molecular weight excluding hydrogens is 226 g/mol. The fourth-order valence-electron chi connectivity index (χ4n) is 3.39. The third-order valence-corrected chi connectivity index (χ3v) is 4.44. The highest BCUT2D eigenvalue weighted by molar-refractivity contribution is 5.55. The van der Waals surface area contributed by atoms with Crippen molar-refractivity contribution < 1.29 is 0 Å². The van der Waals surface area contributed by atoms with Gasteiger partial charge in [0, 0.05) is 25.2 Å². The van der Waals surface area contributed by atoms with E-state index in [1.165, 1.54) is 0 Å². The van der Waals surface area contributed by atoms with Crippen molar-refractivity contribution in [2.45, 2.75) is 19.4 Å². The monoisotopic (exact) mass is 243 g/mol. The van der Waals surface area contributed by atoms with E-state index in [2.05, 4.69) is 40.3 Å². The summed E-state index contributed by atoms with van der Waals surface area (Å²) in [5.41, 5.74) is 0.640. The van der Waals surface area contributed by atoms with Gasteiger partial charge in [0.2, 0.25) is 0 Å². The molecule has 0 spiro atoms. The first-order valence-electron chi connectivity index (χ1n) is 6.34. The highest BCUT2D eigenvalue weighted by atomic mass is 15.3. The molecule has 0 bridgehead atoms. The van der Waals surface area contributed by atoms with E-state index in [9.17, 15) is 5.26 Å². The molecule has 3 heterocycles. The highest BCUT2D eigenvalue weighted by Crippen LogP contribution is 2.43. The molecule has 0 aromatic carbocycles. The molecule has 5 heteroatoms. The van der Waals surface area contributed by atoms with Gasteiger partial charge in [-0.05, 0) is 31.7 Å². The van der Waals surface area contributed by atoms with Crippen LogP contribution in [0.15, 0.2) is 12.3 Å². The molecule has 0 amide bonds. The van der Waals surface area contributed by atoms with Crippen LogP contribution in [0.4, 0.5) is 5.82 Å². The van der Waals surface area contributed by atoms with Gasteiger partial charge in [-0.3, -0.25) is 0 Å². The molecule has 94 valence electrons. The zero-order valence-corrected chi connectivity index (χ0v) is 10.7. The van der Waals surface area contributed by atoms with Crippen molar-refractivity contribution in [3.05, 3.63) is 17.8 Å².